The van der Waals surface area contributed by atoms with Crippen LogP contribution in [0.2, 0.25) is 0 Å². The molecule has 2 aromatic heterocycles. The van der Waals surface area contributed by atoms with Crippen LogP contribution in [-0.4, -0.2) is 28.3 Å². The third-order valence-electron chi connectivity index (χ3n) is 3.01. The number of rotatable bonds is 8. The smallest absolute Gasteiger partial charge is 0.210 e. The molecule has 1 N–H and O–H groups in total. The fraction of sp³-hybridized carbons (Fsp3) is 0.188. The lowest BCUT2D eigenvalue weighted by Crippen LogP contribution is -1.98. The van der Waals surface area contributed by atoms with Crippen LogP contribution in [-0.2, 0) is 0 Å². The van der Waals surface area contributed by atoms with Gasteiger partial charge in [0.2, 0.25) is 5.13 Å². The first-order chi connectivity index (χ1) is 12.2. The molecule has 0 atom stereocenters. The molecule has 0 aliphatic carbocycles. The van der Waals surface area contributed by atoms with Crippen LogP contribution >= 0.6 is 50.4 Å². The zero-order chi connectivity index (χ0) is 17.6. The molecule has 0 aliphatic heterocycles. The van der Waals surface area contributed by atoms with Gasteiger partial charge in [0, 0.05) is 0 Å². The zero-order valence-electron chi connectivity index (χ0n) is 13.2. The molecule has 3 aromatic rings. The Bertz CT molecular complexity index is 866. The molecule has 9 heteroatoms. The van der Waals surface area contributed by atoms with Crippen molar-refractivity contribution in [1.82, 2.24) is 10.2 Å². The first kappa shape index (κ1) is 18.4. The summed E-state index contributed by atoms with van der Waals surface area (Å²) in [5, 5.41) is 12.1. The predicted molar refractivity (Wildman–Crippen MR) is 108 cm³/mol. The van der Waals surface area contributed by atoms with Gasteiger partial charge in [0.15, 0.2) is 10.1 Å². The number of thiophene rings is 1. The molecule has 0 fully saturated rings. The molecule has 0 unspecified atom stereocenters. The number of ketones is 1. The van der Waals surface area contributed by atoms with Gasteiger partial charge >= 0.3 is 0 Å². The lowest BCUT2D eigenvalue weighted by molar-refractivity contribution is 0.102. The van der Waals surface area contributed by atoms with Gasteiger partial charge in [0.1, 0.15) is 5.75 Å². The highest BCUT2D eigenvalue weighted by molar-refractivity contribution is 9.11. The van der Waals surface area contributed by atoms with E-state index in [0.29, 0.717) is 17.5 Å². The Hall–Kier alpha value is -1.42. The normalized spacial score (nSPS) is 10.6. The Kier molecular flexibility index (Phi) is 6.46. The van der Waals surface area contributed by atoms with E-state index in [0.717, 1.165) is 24.4 Å². The third-order valence-corrected chi connectivity index (χ3v) is 6.65. The van der Waals surface area contributed by atoms with Crippen molar-refractivity contribution in [1.29, 1.82) is 0 Å². The molecular weight excluding hydrogens is 442 g/mol. The molecule has 0 spiro atoms. The van der Waals surface area contributed by atoms with Crippen molar-refractivity contribution in [2.24, 2.45) is 0 Å². The summed E-state index contributed by atoms with van der Waals surface area (Å²) in [4.78, 5) is 12.9. The number of nitrogens with zero attached hydrogens (tertiary/aromatic N) is 2. The van der Waals surface area contributed by atoms with Crippen LogP contribution in [0.25, 0.3) is 0 Å². The molecule has 25 heavy (non-hydrogen) atoms. The SMILES string of the molecule is CCOc1ccccc1Nc1nnc(SCC(=O)c2ccc(Br)s2)s1. The average molecular weight is 456 g/mol. The lowest BCUT2D eigenvalue weighted by atomic mass is 10.3. The summed E-state index contributed by atoms with van der Waals surface area (Å²) in [5.74, 6) is 1.21. The van der Waals surface area contributed by atoms with Crippen molar-refractivity contribution in [3.63, 3.8) is 0 Å². The Morgan fingerprint density at radius 1 is 1.24 bits per heavy atom. The van der Waals surface area contributed by atoms with Crippen molar-refractivity contribution >= 4 is 67.0 Å². The summed E-state index contributed by atoms with van der Waals surface area (Å²) in [7, 11) is 0. The highest BCUT2D eigenvalue weighted by atomic mass is 79.9. The quantitative estimate of drug-likeness (QED) is 0.358. The first-order valence-corrected chi connectivity index (χ1v) is 10.8. The van der Waals surface area contributed by atoms with Gasteiger partial charge in [-0.15, -0.1) is 21.5 Å². The van der Waals surface area contributed by atoms with Crippen molar-refractivity contribution in [3.05, 3.63) is 45.1 Å². The van der Waals surface area contributed by atoms with E-state index in [2.05, 4.69) is 31.4 Å². The standard InChI is InChI=1S/C16H14BrN3O2S3/c1-2-22-12-6-4-3-5-10(12)18-15-19-20-16(25-15)23-9-11(21)13-7-8-14(17)24-13/h3-8H,2,9H2,1H3,(H,18,19). The number of Topliss-reactive ketones (excluding diaryl/α,β-unsaturated/α-hetero) is 1. The van der Waals surface area contributed by atoms with Gasteiger partial charge in [-0.25, -0.2) is 0 Å². The maximum atomic E-state index is 12.1. The number of ether oxygens (including phenoxy) is 1. The van der Waals surface area contributed by atoms with Gasteiger partial charge in [-0.3, -0.25) is 4.79 Å². The second kappa shape index (κ2) is 8.79. The molecule has 0 saturated carbocycles. The van der Waals surface area contributed by atoms with Gasteiger partial charge in [-0.05, 0) is 47.1 Å². The summed E-state index contributed by atoms with van der Waals surface area (Å²) in [6.07, 6.45) is 0. The van der Waals surface area contributed by atoms with E-state index in [1.165, 1.54) is 34.4 Å². The van der Waals surface area contributed by atoms with Crippen LogP contribution < -0.4 is 10.1 Å². The van der Waals surface area contributed by atoms with Crippen LogP contribution in [0.15, 0.2) is 44.5 Å². The van der Waals surface area contributed by atoms with E-state index in [1.807, 2.05) is 43.3 Å². The lowest BCUT2D eigenvalue weighted by Gasteiger charge is -2.09. The summed E-state index contributed by atoms with van der Waals surface area (Å²) in [6.45, 7) is 2.54. The molecule has 0 aliphatic rings. The van der Waals surface area contributed by atoms with Crippen molar-refractivity contribution in [2.45, 2.75) is 11.3 Å². The van der Waals surface area contributed by atoms with Crippen molar-refractivity contribution in [3.8, 4) is 5.75 Å². The summed E-state index contributed by atoms with van der Waals surface area (Å²) < 4.78 is 7.29. The topological polar surface area (TPSA) is 64.1 Å². The predicted octanol–water partition coefficient (Wildman–Crippen LogP) is 5.48. The first-order valence-electron chi connectivity index (χ1n) is 7.39. The van der Waals surface area contributed by atoms with E-state index in [9.17, 15) is 4.79 Å². The Labute approximate surface area is 166 Å². The van der Waals surface area contributed by atoms with Gasteiger partial charge < -0.3 is 10.1 Å². The largest absolute Gasteiger partial charge is 0.492 e. The number of carbonyl (C=O) groups excluding carboxylic acids is 1. The van der Waals surface area contributed by atoms with Crippen LogP contribution in [0, 0.1) is 0 Å². The molecule has 3 rings (SSSR count). The number of aromatic nitrogens is 2. The number of para-hydroxylation sites is 2. The number of thioether (sulfide) groups is 1. The van der Waals surface area contributed by atoms with E-state index < -0.39 is 0 Å². The van der Waals surface area contributed by atoms with Crippen molar-refractivity contribution < 1.29 is 9.53 Å². The Morgan fingerprint density at radius 2 is 2.08 bits per heavy atom. The molecule has 0 radical (unpaired) electrons. The number of carbonyl (C=O) groups is 1. The average Bonchev–Trinajstić information content (AvgIpc) is 3.24. The number of anilines is 2. The van der Waals surface area contributed by atoms with Gasteiger partial charge in [0.05, 0.1) is 26.7 Å². The second-order valence-electron chi connectivity index (χ2n) is 4.74. The van der Waals surface area contributed by atoms with Gasteiger partial charge in [-0.2, -0.15) is 0 Å². The minimum absolute atomic E-state index is 0.0899. The summed E-state index contributed by atoms with van der Waals surface area (Å²) in [6, 6.07) is 11.4. The maximum Gasteiger partial charge on any atom is 0.210 e. The highest BCUT2D eigenvalue weighted by Crippen LogP contribution is 2.32. The summed E-state index contributed by atoms with van der Waals surface area (Å²) >= 11 is 7.61. The molecule has 2 heterocycles. The highest BCUT2D eigenvalue weighted by Gasteiger charge is 2.12. The van der Waals surface area contributed by atoms with Gasteiger partial charge in [0.25, 0.3) is 0 Å². The minimum Gasteiger partial charge on any atom is -0.492 e. The van der Waals surface area contributed by atoms with Crippen LogP contribution in [0.4, 0.5) is 10.8 Å². The zero-order valence-corrected chi connectivity index (χ0v) is 17.2. The van der Waals surface area contributed by atoms with Crippen LogP contribution in [0.5, 0.6) is 5.75 Å². The maximum absolute atomic E-state index is 12.1. The minimum atomic E-state index is 0.0899. The molecule has 130 valence electrons. The number of benzene rings is 1. The fourth-order valence-corrected chi connectivity index (χ4v) is 5.01. The molecule has 0 amide bonds. The van der Waals surface area contributed by atoms with E-state index in [1.54, 1.807) is 0 Å². The monoisotopic (exact) mass is 455 g/mol. The Morgan fingerprint density at radius 3 is 2.84 bits per heavy atom. The molecule has 0 saturated heterocycles. The van der Waals surface area contributed by atoms with E-state index in [-0.39, 0.29) is 5.78 Å². The number of halogens is 1. The number of hydrogen-bond donors (Lipinski definition) is 1. The third kappa shape index (κ3) is 5.04. The fourth-order valence-electron chi connectivity index (χ4n) is 1.95. The molecule has 1 aromatic carbocycles. The molecule has 0 bridgehead atoms. The van der Waals surface area contributed by atoms with Crippen molar-refractivity contribution in [2.75, 3.05) is 17.7 Å². The number of hydrogen-bond acceptors (Lipinski definition) is 8. The van der Waals surface area contributed by atoms with Gasteiger partial charge in [-0.1, -0.05) is 35.2 Å². The van der Waals surface area contributed by atoms with E-state index in [4.69, 9.17) is 4.74 Å². The van der Waals surface area contributed by atoms with Crippen LogP contribution in [0.3, 0.4) is 0 Å². The Balaban J connectivity index is 1.60. The number of nitrogens with one attached hydrogen (secondary N) is 1. The van der Waals surface area contributed by atoms with E-state index >= 15 is 0 Å². The second-order valence-corrected chi connectivity index (χ2v) is 9.41. The summed E-state index contributed by atoms with van der Waals surface area (Å²) in [5.41, 5.74) is 0.844. The van der Waals surface area contributed by atoms with Crippen LogP contribution in [0.1, 0.15) is 16.6 Å². The molecular formula is C16H14BrN3O2S3. The molecule has 5 nitrogen and oxygen atoms in total.